The van der Waals surface area contributed by atoms with Crippen molar-refractivity contribution in [2.45, 2.75) is 52.4 Å². The van der Waals surface area contributed by atoms with Gasteiger partial charge in [-0.2, -0.15) is 0 Å². The number of hydrogen-bond acceptors (Lipinski definition) is 11. The summed E-state index contributed by atoms with van der Waals surface area (Å²) in [7, 11) is -3.42. The fourth-order valence-corrected chi connectivity index (χ4v) is 10.3. The molecule has 0 aromatic heterocycles. The molecule has 0 aliphatic heterocycles. The lowest BCUT2D eigenvalue weighted by Gasteiger charge is -2.21. The Morgan fingerprint density at radius 3 is 1.14 bits per heavy atom. The summed E-state index contributed by atoms with van der Waals surface area (Å²) < 4.78 is 35.8. The predicted molar refractivity (Wildman–Crippen MR) is 249 cm³/mol. The van der Waals surface area contributed by atoms with E-state index < -0.39 is 34.1 Å². The number of rotatable bonds is 18. The minimum absolute atomic E-state index is 0.0146. The Balaban J connectivity index is 1.12. The minimum Gasteiger partial charge on any atom is -0.487 e. The second-order valence-corrected chi connectivity index (χ2v) is 20.9. The molecule has 0 bridgehead atoms. The molecular formula is C49H50N2O11Si2. The number of nitro groups is 2. The number of nitro benzene ring substituents is 2. The Labute approximate surface area is 376 Å². The molecule has 0 saturated carbocycles. The summed E-state index contributed by atoms with van der Waals surface area (Å²) >= 11 is 0. The molecule has 0 aliphatic rings. The summed E-state index contributed by atoms with van der Waals surface area (Å²) in [4.78, 5) is 35.5. The molecule has 0 fully saturated rings. The van der Waals surface area contributed by atoms with Gasteiger partial charge in [0.05, 0.1) is 35.2 Å². The summed E-state index contributed by atoms with van der Waals surface area (Å²) in [6.45, 7) is 13.1. The van der Waals surface area contributed by atoms with Gasteiger partial charge in [0.1, 0.15) is 13.2 Å². The lowest BCUT2D eigenvalue weighted by molar-refractivity contribution is -0.385. The van der Waals surface area contributed by atoms with Gasteiger partial charge in [0.2, 0.25) is 0 Å². The third-order valence-electron chi connectivity index (χ3n) is 9.94. The standard InChI is InChI=1S/C49H50N2O11Si2/c1-48(2,3)35-17-23-41(24-18-35)63(39-13-9-7-10-14-39)59-31-29-57-45-33-37(50(53)54)21-27-43(45)61-47(52)62-44-28-22-38(51(55)56)34-46(44)58-30-32-60-64(40-15-11-8-12-16-40)42-25-19-36(20-26-42)49(4,5)6/h7-28,33-34H,29-32H2,1-6H3. The van der Waals surface area contributed by atoms with Crippen molar-refractivity contribution in [2.24, 2.45) is 0 Å². The molecular weight excluding hydrogens is 849 g/mol. The van der Waals surface area contributed by atoms with Crippen LogP contribution in [0.1, 0.15) is 52.7 Å². The lowest BCUT2D eigenvalue weighted by atomic mass is 9.87. The fraction of sp³-hybridized carbons (Fsp3) is 0.245. The van der Waals surface area contributed by atoms with Crippen molar-refractivity contribution in [2.75, 3.05) is 26.4 Å². The summed E-state index contributed by atoms with van der Waals surface area (Å²) in [6.07, 6.45) is -1.24. The largest absolute Gasteiger partial charge is 0.519 e. The van der Waals surface area contributed by atoms with Crippen LogP contribution in [0.15, 0.2) is 146 Å². The van der Waals surface area contributed by atoms with Gasteiger partial charge in [0, 0.05) is 12.1 Å². The summed E-state index contributed by atoms with van der Waals surface area (Å²) in [6, 6.07) is 43.5. The first-order valence-electron chi connectivity index (χ1n) is 20.6. The van der Waals surface area contributed by atoms with Gasteiger partial charge in [-0.25, -0.2) is 4.79 Å². The Hall–Kier alpha value is -6.66. The van der Waals surface area contributed by atoms with Crippen molar-refractivity contribution in [3.63, 3.8) is 0 Å². The van der Waals surface area contributed by atoms with E-state index in [1.165, 1.54) is 23.3 Å². The second kappa shape index (κ2) is 21.1. The van der Waals surface area contributed by atoms with E-state index in [9.17, 15) is 25.0 Å². The van der Waals surface area contributed by atoms with Crippen LogP contribution in [-0.4, -0.2) is 60.5 Å². The van der Waals surface area contributed by atoms with Gasteiger partial charge in [-0.05, 0) is 54.8 Å². The second-order valence-electron chi connectivity index (χ2n) is 16.7. The van der Waals surface area contributed by atoms with Crippen molar-refractivity contribution in [3.8, 4) is 23.0 Å². The normalized spacial score (nSPS) is 11.6. The lowest BCUT2D eigenvalue weighted by Crippen LogP contribution is -2.45. The maximum absolute atomic E-state index is 13.3. The molecule has 0 saturated heterocycles. The van der Waals surface area contributed by atoms with Crippen LogP contribution in [0.25, 0.3) is 0 Å². The molecule has 6 aromatic rings. The first-order valence-corrected chi connectivity index (χ1v) is 23.4. The molecule has 0 aliphatic carbocycles. The molecule has 0 heterocycles. The number of benzene rings is 6. The van der Waals surface area contributed by atoms with Gasteiger partial charge in [-0.3, -0.25) is 20.2 Å². The topological polar surface area (TPSA) is 159 Å². The molecule has 2 radical (unpaired) electrons. The zero-order valence-electron chi connectivity index (χ0n) is 36.6. The van der Waals surface area contributed by atoms with Crippen molar-refractivity contribution in [1.29, 1.82) is 0 Å². The highest BCUT2D eigenvalue weighted by molar-refractivity contribution is 6.80. The smallest absolute Gasteiger partial charge is 0.487 e. The van der Waals surface area contributed by atoms with E-state index in [1.807, 2.05) is 60.7 Å². The highest BCUT2D eigenvalue weighted by Crippen LogP contribution is 2.35. The van der Waals surface area contributed by atoms with E-state index in [-0.39, 0.29) is 71.6 Å². The molecule has 0 N–H and O–H groups in total. The average molecular weight is 899 g/mol. The third-order valence-corrected chi connectivity index (χ3v) is 14.4. The number of carbonyl (C=O) groups excluding carboxylic acids is 1. The van der Waals surface area contributed by atoms with Crippen molar-refractivity contribution in [1.82, 2.24) is 0 Å². The van der Waals surface area contributed by atoms with Crippen LogP contribution in [0.4, 0.5) is 16.2 Å². The number of hydrogen-bond donors (Lipinski definition) is 0. The summed E-state index contributed by atoms with van der Waals surface area (Å²) in [5.74, 6) is -0.518. The minimum atomic E-state index is -1.71. The van der Waals surface area contributed by atoms with Crippen LogP contribution in [0.5, 0.6) is 23.0 Å². The van der Waals surface area contributed by atoms with Crippen molar-refractivity contribution >= 4 is 56.4 Å². The van der Waals surface area contributed by atoms with Crippen LogP contribution in [0.3, 0.4) is 0 Å². The van der Waals surface area contributed by atoms with Crippen molar-refractivity contribution in [3.05, 3.63) is 177 Å². The molecule has 13 nitrogen and oxygen atoms in total. The fourth-order valence-electron chi connectivity index (χ4n) is 6.49. The first kappa shape index (κ1) is 46.8. The maximum Gasteiger partial charge on any atom is 0.519 e. The molecule has 6 aromatic carbocycles. The van der Waals surface area contributed by atoms with Gasteiger partial charge in [-0.15, -0.1) is 0 Å². The Bertz CT molecular complexity index is 2340. The SMILES string of the molecule is CC(C)(C)c1ccc([Si](OCCOc2cc([N+](=O)[O-])ccc2OC(=O)Oc2ccc([N+](=O)[O-])cc2OCCO[Si](c2ccccc2)c2ccc(C(C)(C)C)cc2)c2ccccc2)cc1. The van der Waals surface area contributed by atoms with Crippen LogP contribution in [0.2, 0.25) is 0 Å². The summed E-state index contributed by atoms with van der Waals surface area (Å²) in [5.41, 5.74) is 1.77. The van der Waals surface area contributed by atoms with Crippen LogP contribution in [-0.2, 0) is 19.7 Å². The van der Waals surface area contributed by atoms with Gasteiger partial charge < -0.3 is 27.8 Å². The molecule has 0 atom stereocenters. The Kier molecular flexibility index (Phi) is 15.5. The zero-order valence-corrected chi connectivity index (χ0v) is 38.6. The van der Waals surface area contributed by atoms with E-state index >= 15 is 0 Å². The number of carbonyl (C=O) groups is 1. The van der Waals surface area contributed by atoms with Gasteiger partial charge in [-0.1, -0.05) is 151 Å². The number of non-ortho nitro benzene ring substituents is 2. The number of ether oxygens (including phenoxy) is 4. The highest BCUT2D eigenvalue weighted by atomic mass is 28.3. The van der Waals surface area contributed by atoms with E-state index in [2.05, 4.69) is 90.1 Å². The van der Waals surface area contributed by atoms with Gasteiger partial charge >= 0.3 is 6.16 Å². The number of nitrogens with zero attached hydrogens (tertiary/aromatic N) is 2. The molecule has 6 rings (SSSR count). The molecule has 0 amide bonds. The van der Waals surface area contributed by atoms with Gasteiger partial charge in [0.15, 0.2) is 23.0 Å². The molecule has 0 spiro atoms. The van der Waals surface area contributed by atoms with Crippen LogP contribution < -0.4 is 39.7 Å². The molecule has 330 valence electrons. The summed E-state index contributed by atoms with van der Waals surface area (Å²) in [5, 5.41) is 27.6. The van der Waals surface area contributed by atoms with Crippen LogP contribution >= 0.6 is 0 Å². The van der Waals surface area contributed by atoms with E-state index in [1.54, 1.807) is 0 Å². The van der Waals surface area contributed by atoms with Crippen molar-refractivity contribution < 1.29 is 42.4 Å². The maximum atomic E-state index is 13.3. The Morgan fingerprint density at radius 2 is 0.812 bits per heavy atom. The van der Waals surface area contributed by atoms with Gasteiger partial charge in [0.25, 0.3) is 29.5 Å². The highest BCUT2D eigenvalue weighted by Gasteiger charge is 2.25. The average Bonchev–Trinajstić information content (AvgIpc) is 3.27. The van der Waals surface area contributed by atoms with E-state index in [0.717, 1.165) is 45.0 Å². The monoisotopic (exact) mass is 898 g/mol. The molecule has 15 heteroatoms. The molecule has 0 unspecified atom stereocenters. The molecule has 64 heavy (non-hydrogen) atoms. The van der Waals surface area contributed by atoms with Crippen LogP contribution in [0, 0.1) is 20.2 Å². The third kappa shape index (κ3) is 12.7. The first-order chi connectivity index (χ1) is 30.6. The van der Waals surface area contributed by atoms with E-state index in [0.29, 0.717) is 0 Å². The van der Waals surface area contributed by atoms with E-state index in [4.69, 9.17) is 27.8 Å². The predicted octanol–water partition coefficient (Wildman–Crippen LogP) is 8.08. The Morgan fingerprint density at radius 1 is 0.469 bits per heavy atom. The zero-order chi connectivity index (χ0) is 45.9. The quantitative estimate of drug-likeness (QED) is 0.0205.